The molecule has 1 heterocycles. The van der Waals surface area contributed by atoms with E-state index in [-0.39, 0.29) is 11.7 Å². The molecule has 0 bridgehead atoms. The van der Waals surface area contributed by atoms with E-state index in [0.29, 0.717) is 31.9 Å². The van der Waals surface area contributed by atoms with Crippen molar-refractivity contribution in [1.29, 1.82) is 0 Å². The van der Waals surface area contributed by atoms with Crippen LogP contribution in [-0.2, 0) is 9.53 Å². The molecule has 0 radical (unpaired) electrons. The van der Waals surface area contributed by atoms with Crippen LogP contribution < -0.4 is 5.73 Å². The first kappa shape index (κ1) is 13.4. The molecule has 1 amide bonds. The van der Waals surface area contributed by atoms with Gasteiger partial charge in [0.2, 0.25) is 5.91 Å². The molecule has 102 valence electrons. The molecule has 0 aliphatic carbocycles. The molecule has 1 atom stereocenters. The summed E-state index contributed by atoms with van der Waals surface area (Å²) in [5.74, 6) is -1.00. The summed E-state index contributed by atoms with van der Waals surface area (Å²) >= 11 is 0. The van der Waals surface area contributed by atoms with Crippen molar-refractivity contribution in [1.82, 2.24) is 4.90 Å². The summed E-state index contributed by atoms with van der Waals surface area (Å²) in [5.41, 5.74) is 6.40. The lowest BCUT2D eigenvalue weighted by Gasteiger charge is -2.30. The lowest BCUT2D eigenvalue weighted by atomic mass is 9.96. The van der Waals surface area contributed by atoms with Crippen LogP contribution in [0.5, 0.6) is 0 Å². The second kappa shape index (κ2) is 6.19. The van der Waals surface area contributed by atoms with Crippen LogP contribution in [0.3, 0.4) is 0 Å². The van der Waals surface area contributed by atoms with E-state index >= 15 is 0 Å². The van der Waals surface area contributed by atoms with E-state index in [4.69, 9.17) is 15.7 Å². The van der Waals surface area contributed by atoms with E-state index in [1.165, 1.54) is 0 Å². The van der Waals surface area contributed by atoms with Gasteiger partial charge in [0.15, 0.2) is 5.84 Å². The molecule has 0 aromatic heterocycles. The lowest BCUT2D eigenvalue weighted by molar-refractivity contribution is -0.135. The highest BCUT2D eigenvalue weighted by molar-refractivity contribution is 6.07. The molecule has 19 heavy (non-hydrogen) atoms. The monoisotopic (exact) mass is 263 g/mol. The number of benzene rings is 1. The Balaban J connectivity index is 2.25. The summed E-state index contributed by atoms with van der Waals surface area (Å²) < 4.78 is 5.22. The molecule has 6 heteroatoms. The van der Waals surface area contributed by atoms with Crippen LogP contribution in [0.1, 0.15) is 11.5 Å². The minimum Gasteiger partial charge on any atom is -0.409 e. The third-order valence-electron chi connectivity index (χ3n) is 3.11. The minimum atomic E-state index is -0.746. The fourth-order valence-corrected chi connectivity index (χ4v) is 2.11. The van der Waals surface area contributed by atoms with Gasteiger partial charge >= 0.3 is 0 Å². The number of carbonyl (C=O) groups excluding carboxylic acids is 1. The quantitative estimate of drug-likeness (QED) is 0.357. The van der Waals surface area contributed by atoms with Gasteiger partial charge in [-0.2, -0.15) is 0 Å². The number of nitrogens with zero attached hydrogens (tertiary/aromatic N) is 2. The standard InChI is InChI=1S/C13H17N3O3/c14-12(15-18)11(10-4-2-1-3-5-10)13(17)16-6-8-19-9-7-16/h1-5,11,18H,6-9H2,(H2,14,15). The van der Waals surface area contributed by atoms with Crippen LogP contribution in [-0.4, -0.2) is 48.2 Å². The molecular weight excluding hydrogens is 246 g/mol. The van der Waals surface area contributed by atoms with Crippen LogP contribution in [0.15, 0.2) is 35.5 Å². The normalized spacial score (nSPS) is 18.1. The Kier molecular flexibility index (Phi) is 4.35. The molecule has 1 aliphatic rings. The molecule has 0 saturated carbocycles. The maximum Gasteiger partial charge on any atom is 0.238 e. The summed E-state index contributed by atoms with van der Waals surface area (Å²) in [6.45, 7) is 2.09. The maximum atomic E-state index is 12.5. The Bertz CT molecular complexity index is 455. The fourth-order valence-electron chi connectivity index (χ4n) is 2.11. The van der Waals surface area contributed by atoms with Crippen LogP contribution in [0.25, 0.3) is 0 Å². The highest BCUT2D eigenvalue weighted by Gasteiger charge is 2.30. The number of oxime groups is 1. The van der Waals surface area contributed by atoms with Crippen LogP contribution >= 0.6 is 0 Å². The van der Waals surface area contributed by atoms with Crippen molar-refractivity contribution in [3.05, 3.63) is 35.9 Å². The molecule has 3 N–H and O–H groups in total. The number of morpholine rings is 1. The molecule has 1 aromatic rings. The van der Waals surface area contributed by atoms with Crippen molar-refractivity contribution in [3.63, 3.8) is 0 Å². The Morgan fingerprint density at radius 2 is 1.95 bits per heavy atom. The second-order valence-electron chi connectivity index (χ2n) is 4.31. The van der Waals surface area contributed by atoms with Crippen LogP contribution in [0.2, 0.25) is 0 Å². The van der Waals surface area contributed by atoms with Gasteiger partial charge < -0.3 is 20.6 Å². The van der Waals surface area contributed by atoms with E-state index in [1.807, 2.05) is 18.2 Å². The van der Waals surface area contributed by atoms with E-state index in [0.717, 1.165) is 0 Å². The zero-order valence-corrected chi connectivity index (χ0v) is 10.5. The largest absolute Gasteiger partial charge is 0.409 e. The fraction of sp³-hybridized carbons (Fsp3) is 0.385. The molecule has 1 aliphatic heterocycles. The highest BCUT2D eigenvalue weighted by atomic mass is 16.5. The number of hydrogen-bond donors (Lipinski definition) is 2. The molecule has 1 aromatic carbocycles. The average Bonchev–Trinajstić information content (AvgIpc) is 2.49. The summed E-state index contributed by atoms with van der Waals surface area (Å²) in [4.78, 5) is 14.2. The van der Waals surface area contributed by atoms with Crippen molar-refractivity contribution in [2.75, 3.05) is 26.3 Å². The predicted molar refractivity (Wildman–Crippen MR) is 70.0 cm³/mol. The van der Waals surface area contributed by atoms with Crippen molar-refractivity contribution in [2.45, 2.75) is 5.92 Å². The number of nitrogens with two attached hydrogens (primary N) is 1. The van der Waals surface area contributed by atoms with Crippen molar-refractivity contribution < 1.29 is 14.7 Å². The minimum absolute atomic E-state index is 0.0947. The van der Waals surface area contributed by atoms with Gasteiger partial charge in [0.1, 0.15) is 5.92 Å². The van der Waals surface area contributed by atoms with E-state index < -0.39 is 5.92 Å². The Labute approximate surface area is 111 Å². The number of carbonyl (C=O) groups is 1. The van der Waals surface area contributed by atoms with Gasteiger partial charge in [-0.1, -0.05) is 35.5 Å². The third kappa shape index (κ3) is 3.03. The molecule has 1 fully saturated rings. The average molecular weight is 263 g/mol. The van der Waals surface area contributed by atoms with Crippen LogP contribution in [0, 0.1) is 0 Å². The number of amides is 1. The Morgan fingerprint density at radius 1 is 1.32 bits per heavy atom. The molecule has 0 spiro atoms. The van der Waals surface area contributed by atoms with E-state index in [1.54, 1.807) is 17.0 Å². The molecule has 1 unspecified atom stereocenters. The smallest absolute Gasteiger partial charge is 0.238 e. The van der Waals surface area contributed by atoms with Crippen molar-refractivity contribution >= 4 is 11.7 Å². The second-order valence-corrected chi connectivity index (χ2v) is 4.31. The molecule has 2 rings (SSSR count). The lowest BCUT2D eigenvalue weighted by Crippen LogP contribution is -2.46. The zero-order valence-electron chi connectivity index (χ0n) is 10.5. The molecular formula is C13H17N3O3. The van der Waals surface area contributed by atoms with Crippen molar-refractivity contribution in [2.24, 2.45) is 10.9 Å². The summed E-state index contributed by atoms with van der Waals surface area (Å²) in [6.07, 6.45) is 0. The highest BCUT2D eigenvalue weighted by Crippen LogP contribution is 2.19. The number of ether oxygens (including phenoxy) is 1. The first-order valence-corrected chi connectivity index (χ1v) is 6.13. The maximum absolute atomic E-state index is 12.5. The topological polar surface area (TPSA) is 88.2 Å². The van der Waals surface area contributed by atoms with Gasteiger partial charge in [0.25, 0.3) is 0 Å². The molecule has 1 saturated heterocycles. The number of rotatable bonds is 3. The summed E-state index contributed by atoms with van der Waals surface area (Å²) in [5, 5.41) is 11.9. The Morgan fingerprint density at radius 3 is 2.53 bits per heavy atom. The SMILES string of the molecule is NC(=NO)C(C(=O)N1CCOCC1)c1ccccc1. The zero-order chi connectivity index (χ0) is 13.7. The van der Waals surface area contributed by atoms with Gasteiger partial charge in [-0.15, -0.1) is 0 Å². The van der Waals surface area contributed by atoms with Crippen LogP contribution in [0.4, 0.5) is 0 Å². The van der Waals surface area contributed by atoms with Crippen molar-refractivity contribution in [3.8, 4) is 0 Å². The number of hydrogen-bond acceptors (Lipinski definition) is 4. The Hall–Kier alpha value is -2.08. The first-order valence-electron chi connectivity index (χ1n) is 6.13. The van der Waals surface area contributed by atoms with Gasteiger partial charge in [0, 0.05) is 13.1 Å². The number of amidine groups is 1. The first-order chi connectivity index (χ1) is 9.24. The van der Waals surface area contributed by atoms with Gasteiger partial charge in [-0.3, -0.25) is 4.79 Å². The van der Waals surface area contributed by atoms with Gasteiger partial charge in [0.05, 0.1) is 13.2 Å². The molecule has 6 nitrogen and oxygen atoms in total. The van der Waals surface area contributed by atoms with Gasteiger partial charge in [-0.25, -0.2) is 0 Å². The predicted octanol–water partition coefficient (Wildman–Crippen LogP) is 0.375. The van der Waals surface area contributed by atoms with Gasteiger partial charge in [-0.05, 0) is 5.56 Å². The van der Waals surface area contributed by atoms with E-state index in [9.17, 15) is 4.79 Å². The summed E-state index contributed by atoms with van der Waals surface area (Å²) in [6, 6.07) is 9.08. The summed E-state index contributed by atoms with van der Waals surface area (Å²) in [7, 11) is 0. The van der Waals surface area contributed by atoms with E-state index in [2.05, 4.69) is 5.16 Å². The third-order valence-corrected chi connectivity index (χ3v) is 3.11.